The summed E-state index contributed by atoms with van der Waals surface area (Å²) in [5, 5.41) is 4.76. The highest BCUT2D eigenvalue weighted by molar-refractivity contribution is 6.30. The van der Waals surface area contributed by atoms with Gasteiger partial charge in [-0.15, -0.1) is 0 Å². The summed E-state index contributed by atoms with van der Waals surface area (Å²) in [6, 6.07) is 20.4. The molecule has 31 heavy (non-hydrogen) atoms. The number of hydrazone groups is 1. The Balaban J connectivity index is 1.33. The highest BCUT2D eigenvalue weighted by Gasteiger charge is 2.13. The number of nitrogens with zero attached hydrogens (tertiary/aromatic N) is 1. The van der Waals surface area contributed by atoms with Crippen molar-refractivity contribution < 1.29 is 19.0 Å². The number of carbonyl (C=O) groups excluding carboxylic acids is 1. The van der Waals surface area contributed by atoms with Gasteiger partial charge in [0.2, 0.25) is 5.91 Å². The number of halogens is 1. The molecular weight excluding hydrogens is 416 g/mol. The summed E-state index contributed by atoms with van der Waals surface area (Å²) in [6.07, 6.45) is 1.75. The van der Waals surface area contributed by atoms with Crippen LogP contribution >= 0.6 is 11.6 Å². The van der Waals surface area contributed by atoms with Crippen LogP contribution in [0.1, 0.15) is 16.7 Å². The van der Waals surface area contributed by atoms with Crippen LogP contribution in [-0.2, 0) is 17.8 Å². The third-order valence-electron chi connectivity index (χ3n) is 4.59. The Morgan fingerprint density at radius 1 is 1.00 bits per heavy atom. The maximum absolute atomic E-state index is 12.3. The number of rotatable bonds is 7. The molecule has 0 fully saturated rings. The normalized spacial score (nSPS) is 12.5. The maximum atomic E-state index is 12.3. The zero-order valence-corrected chi connectivity index (χ0v) is 17.5. The molecule has 1 N–H and O–H groups in total. The number of carbonyl (C=O) groups is 1. The first-order valence-corrected chi connectivity index (χ1v) is 10.2. The molecule has 0 aromatic heterocycles. The van der Waals surface area contributed by atoms with Crippen LogP contribution in [0.15, 0.2) is 71.8 Å². The number of amides is 1. The molecule has 3 aromatic carbocycles. The van der Waals surface area contributed by atoms with E-state index in [1.54, 1.807) is 6.21 Å². The lowest BCUT2D eigenvalue weighted by molar-refractivity contribution is -0.120. The first kappa shape index (κ1) is 20.8. The fourth-order valence-corrected chi connectivity index (χ4v) is 3.18. The van der Waals surface area contributed by atoms with Gasteiger partial charge in [0.25, 0.3) is 0 Å². The largest absolute Gasteiger partial charge is 0.488 e. The van der Waals surface area contributed by atoms with E-state index >= 15 is 0 Å². The summed E-state index contributed by atoms with van der Waals surface area (Å²) in [7, 11) is 0. The fraction of sp³-hybridized carbons (Fsp3) is 0.167. The number of hydrogen-bond donors (Lipinski definition) is 1. The molecule has 7 heteroatoms. The Hall–Kier alpha value is -3.51. The molecular formula is C24H21ClN2O4. The van der Waals surface area contributed by atoms with Crippen molar-refractivity contribution >= 4 is 23.7 Å². The Morgan fingerprint density at radius 2 is 1.74 bits per heavy atom. The second-order valence-corrected chi connectivity index (χ2v) is 7.34. The molecule has 0 saturated carbocycles. The van der Waals surface area contributed by atoms with Crippen LogP contribution in [0.3, 0.4) is 0 Å². The van der Waals surface area contributed by atoms with Crippen LogP contribution < -0.4 is 19.6 Å². The zero-order valence-electron chi connectivity index (χ0n) is 16.7. The molecule has 0 spiro atoms. The molecule has 6 nitrogen and oxygen atoms in total. The summed E-state index contributed by atoms with van der Waals surface area (Å²) in [5.74, 6) is 1.80. The van der Waals surface area contributed by atoms with Gasteiger partial charge in [0.15, 0.2) is 11.5 Å². The highest BCUT2D eigenvalue weighted by Crippen LogP contribution is 2.30. The van der Waals surface area contributed by atoms with E-state index in [1.165, 1.54) is 0 Å². The van der Waals surface area contributed by atoms with Gasteiger partial charge in [-0.05, 0) is 47.5 Å². The second kappa shape index (κ2) is 10.00. The molecule has 0 saturated heterocycles. The van der Waals surface area contributed by atoms with Gasteiger partial charge < -0.3 is 14.2 Å². The third-order valence-corrected chi connectivity index (χ3v) is 4.84. The van der Waals surface area contributed by atoms with Crippen molar-refractivity contribution in [2.45, 2.75) is 13.0 Å². The average molecular weight is 437 g/mol. The van der Waals surface area contributed by atoms with E-state index in [4.69, 9.17) is 25.8 Å². The van der Waals surface area contributed by atoms with E-state index in [-0.39, 0.29) is 12.3 Å². The van der Waals surface area contributed by atoms with Gasteiger partial charge in [-0.2, -0.15) is 5.10 Å². The second-order valence-electron chi connectivity index (χ2n) is 6.90. The number of fused-ring (bicyclic) bond motifs is 1. The number of ether oxygens (including phenoxy) is 3. The van der Waals surface area contributed by atoms with Gasteiger partial charge in [-0.1, -0.05) is 41.9 Å². The first-order valence-electron chi connectivity index (χ1n) is 9.84. The minimum atomic E-state index is -0.229. The molecule has 0 aliphatic carbocycles. The molecule has 1 heterocycles. The lowest BCUT2D eigenvalue weighted by Gasteiger charge is -2.18. The van der Waals surface area contributed by atoms with Gasteiger partial charge in [-0.25, -0.2) is 5.43 Å². The van der Waals surface area contributed by atoms with Crippen LogP contribution in [0.25, 0.3) is 0 Å². The van der Waals surface area contributed by atoms with Crippen LogP contribution in [0.5, 0.6) is 17.2 Å². The molecule has 1 aliphatic heterocycles. The van der Waals surface area contributed by atoms with Crippen LogP contribution in [-0.4, -0.2) is 25.3 Å². The third kappa shape index (κ3) is 5.77. The van der Waals surface area contributed by atoms with Crippen molar-refractivity contribution in [3.8, 4) is 17.2 Å². The van der Waals surface area contributed by atoms with Crippen LogP contribution in [0.4, 0.5) is 0 Å². The van der Waals surface area contributed by atoms with E-state index < -0.39 is 0 Å². The summed E-state index contributed by atoms with van der Waals surface area (Å²) in [5.41, 5.74) is 5.14. The maximum Gasteiger partial charge on any atom is 0.244 e. The van der Waals surface area contributed by atoms with Crippen molar-refractivity contribution in [3.05, 3.63) is 88.4 Å². The van der Waals surface area contributed by atoms with Gasteiger partial charge in [0, 0.05) is 10.6 Å². The van der Waals surface area contributed by atoms with Gasteiger partial charge in [0.05, 0.1) is 12.6 Å². The Labute approximate surface area is 185 Å². The lowest BCUT2D eigenvalue weighted by atomic mass is 10.1. The highest BCUT2D eigenvalue weighted by atomic mass is 35.5. The molecule has 1 aliphatic rings. The van der Waals surface area contributed by atoms with Crippen molar-refractivity contribution in [2.24, 2.45) is 5.10 Å². The number of nitrogens with one attached hydrogen (secondary N) is 1. The first-order chi connectivity index (χ1) is 15.2. The van der Waals surface area contributed by atoms with Gasteiger partial charge >= 0.3 is 0 Å². The van der Waals surface area contributed by atoms with Crippen LogP contribution in [0.2, 0.25) is 5.02 Å². The van der Waals surface area contributed by atoms with E-state index in [0.29, 0.717) is 42.1 Å². The van der Waals surface area contributed by atoms with Crippen molar-refractivity contribution in [2.75, 3.05) is 13.2 Å². The van der Waals surface area contributed by atoms with E-state index in [1.807, 2.05) is 66.7 Å². The Morgan fingerprint density at radius 3 is 2.58 bits per heavy atom. The van der Waals surface area contributed by atoms with Crippen molar-refractivity contribution in [1.82, 2.24) is 5.43 Å². The topological polar surface area (TPSA) is 69.2 Å². The predicted molar refractivity (Wildman–Crippen MR) is 119 cm³/mol. The molecule has 0 unspecified atom stereocenters. The molecule has 0 atom stereocenters. The number of hydrogen-bond acceptors (Lipinski definition) is 5. The van der Waals surface area contributed by atoms with Crippen LogP contribution in [0, 0.1) is 0 Å². The standard InChI is InChI=1S/C24H21ClN2O4/c25-20-8-5-17(6-9-20)16-31-21-4-2-1-3-19(21)15-26-27-24(28)14-18-7-10-22-23(13-18)30-12-11-29-22/h1-10,13,15H,11-12,14,16H2,(H,27,28)/b26-15+. The van der Waals surface area contributed by atoms with E-state index in [2.05, 4.69) is 10.5 Å². The van der Waals surface area contributed by atoms with E-state index in [0.717, 1.165) is 16.7 Å². The summed E-state index contributed by atoms with van der Waals surface area (Å²) < 4.78 is 16.9. The molecule has 4 rings (SSSR count). The molecule has 1 amide bonds. The SMILES string of the molecule is O=C(Cc1ccc2c(c1)OCCO2)N/N=C/c1ccccc1OCc1ccc(Cl)cc1. The number of benzene rings is 3. The fourth-order valence-electron chi connectivity index (χ4n) is 3.06. The monoisotopic (exact) mass is 436 g/mol. The van der Waals surface area contributed by atoms with Gasteiger partial charge in [-0.3, -0.25) is 4.79 Å². The molecule has 3 aromatic rings. The predicted octanol–water partition coefficient (Wildman–Crippen LogP) is 4.38. The smallest absolute Gasteiger partial charge is 0.244 e. The van der Waals surface area contributed by atoms with E-state index in [9.17, 15) is 4.79 Å². The minimum Gasteiger partial charge on any atom is -0.488 e. The zero-order chi connectivity index (χ0) is 21.5. The number of para-hydroxylation sites is 1. The lowest BCUT2D eigenvalue weighted by Crippen LogP contribution is -2.20. The van der Waals surface area contributed by atoms with Gasteiger partial charge in [0.1, 0.15) is 25.6 Å². The Kier molecular flexibility index (Phi) is 6.69. The molecule has 0 bridgehead atoms. The molecule has 158 valence electrons. The average Bonchev–Trinajstić information content (AvgIpc) is 2.79. The quantitative estimate of drug-likeness (QED) is 0.440. The van der Waals surface area contributed by atoms with Crippen molar-refractivity contribution in [3.63, 3.8) is 0 Å². The molecule has 0 radical (unpaired) electrons. The summed E-state index contributed by atoms with van der Waals surface area (Å²) in [6.45, 7) is 1.44. The Bertz CT molecular complexity index is 1080. The summed E-state index contributed by atoms with van der Waals surface area (Å²) in [4.78, 5) is 12.3. The summed E-state index contributed by atoms with van der Waals surface area (Å²) >= 11 is 5.91. The minimum absolute atomic E-state index is 0.183. The van der Waals surface area contributed by atoms with Crippen molar-refractivity contribution in [1.29, 1.82) is 0 Å².